The van der Waals surface area contributed by atoms with E-state index in [4.69, 9.17) is 18.6 Å². The van der Waals surface area contributed by atoms with Gasteiger partial charge in [-0.2, -0.15) is 0 Å². The van der Waals surface area contributed by atoms with E-state index in [1.165, 1.54) is 0 Å². The van der Waals surface area contributed by atoms with Gasteiger partial charge in [0.05, 0.1) is 0 Å². The molecule has 0 aliphatic carbocycles. The second kappa shape index (κ2) is 9.13. The second-order valence-electron chi connectivity index (χ2n) is 8.24. The van der Waals surface area contributed by atoms with Crippen molar-refractivity contribution in [2.75, 3.05) is 19.8 Å². The zero-order valence-electron chi connectivity index (χ0n) is 19.7. The van der Waals surface area contributed by atoms with Crippen molar-refractivity contribution in [3.63, 3.8) is 0 Å². The summed E-state index contributed by atoms with van der Waals surface area (Å²) in [6.45, 7) is 6.01. The average molecular weight is 472 g/mol. The van der Waals surface area contributed by atoms with E-state index < -0.39 is 12.6 Å². The van der Waals surface area contributed by atoms with E-state index in [1.807, 2.05) is 66.9 Å². The maximum atomic E-state index is 13.0. The lowest BCUT2D eigenvalue weighted by Gasteiger charge is -2.20. The zero-order chi connectivity index (χ0) is 24.5. The zero-order valence-corrected chi connectivity index (χ0v) is 19.7. The molecule has 0 N–H and O–H groups in total. The van der Waals surface area contributed by atoms with Crippen LogP contribution in [0, 0.1) is 20.8 Å². The number of carbonyl (C=O) groups excluding carboxylic acids is 2. The Morgan fingerprint density at radius 3 is 2.49 bits per heavy atom. The van der Waals surface area contributed by atoms with Crippen molar-refractivity contribution in [3.8, 4) is 28.6 Å². The normalized spacial score (nSPS) is 12.4. The van der Waals surface area contributed by atoms with Gasteiger partial charge in [-0.05, 0) is 51.1 Å². The van der Waals surface area contributed by atoms with Gasteiger partial charge < -0.3 is 23.2 Å². The SMILES string of the molecule is Cc1oc(-c2ccccc2)nc1C(=O)OCC(=O)c1cc(C)n(-c2ccc3c(c2)OCCO3)c1C. The molecular weight excluding hydrogens is 448 g/mol. The van der Waals surface area contributed by atoms with Crippen LogP contribution in [0.5, 0.6) is 11.5 Å². The van der Waals surface area contributed by atoms with Crippen LogP contribution in [-0.4, -0.2) is 41.1 Å². The highest BCUT2D eigenvalue weighted by Crippen LogP contribution is 2.33. The van der Waals surface area contributed by atoms with Gasteiger partial charge in [-0.15, -0.1) is 0 Å². The first-order valence-corrected chi connectivity index (χ1v) is 11.2. The summed E-state index contributed by atoms with van der Waals surface area (Å²) in [5.41, 5.74) is 3.74. The van der Waals surface area contributed by atoms with E-state index in [0.29, 0.717) is 41.9 Å². The van der Waals surface area contributed by atoms with Crippen LogP contribution in [0.3, 0.4) is 0 Å². The first kappa shape index (κ1) is 22.5. The van der Waals surface area contributed by atoms with E-state index in [9.17, 15) is 9.59 Å². The molecule has 8 heteroatoms. The molecule has 0 saturated heterocycles. The minimum atomic E-state index is -0.706. The van der Waals surface area contributed by atoms with Crippen molar-refractivity contribution < 1.29 is 28.2 Å². The number of rotatable bonds is 6. The topological polar surface area (TPSA) is 92.8 Å². The predicted molar refractivity (Wildman–Crippen MR) is 128 cm³/mol. The molecule has 0 saturated carbocycles. The minimum Gasteiger partial charge on any atom is -0.486 e. The first-order valence-electron chi connectivity index (χ1n) is 11.2. The molecule has 0 amide bonds. The van der Waals surface area contributed by atoms with Crippen LogP contribution in [0.25, 0.3) is 17.1 Å². The monoisotopic (exact) mass is 472 g/mol. The summed E-state index contributed by atoms with van der Waals surface area (Å²) in [6.07, 6.45) is 0. The highest BCUT2D eigenvalue weighted by Gasteiger charge is 2.23. The Bertz CT molecular complexity index is 1420. The van der Waals surface area contributed by atoms with Gasteiger partial charge in [-0.3, -0.25) is 4.79 Å². The van der Waals surface area contributed by atoms with Crippen molar-refractivity contribution in [1.29, 1.82) is 0 Å². The highest BCUT2D eigenvalue weighted by atomic mass is 16.6. The molecule has 0 atom stereocenters. The molecule has 178 valence electrons. The number of fused-ring (bicyclic) bond motifs is 1. The van der Waals surface area contributed by atoms with Crippen LogP contribution in [-0.2, 0) is 4.74 Å². The number of aryl methyl sites for hydroxylation is 2. The molecule has 2 aromatic carbocycles. The number of ether oxygens (including phenoxy) is 3. The molecule has 0 fully saturated rings. The maximum absolute atomic E-state index is 13.0. The van der Waals surface area contributed by atoms with Crippen molar-refractivity contribution >= 4 is 11.8 Å². The van der Waals surface area contributed by atoms with Crippen molar-refractivity contribution in [1.82, 2.24) is 9.55 Å². The summed E-state index contributed by atoms with van der Waals surface area (Å²) in [5, 5.41) is 0. The van der Waals surface area contributed by atoms with Crippen LogP contribution in [0.4, 0.5) is 0 Å². The molecule has 1 aliphatic heterocycles. The lowest BCUT2D eigenvalue weighted by molar-refractivity contribution is 0.0467. The number of aromatic nitrogens is 2. The van der Waals surface area contributed by atoms with E-state index in [1.54, 1.807) is 13.0 Å². The largest absolute Gasteiger partial charge is 0.486 e. The molecule has 8 nitrogen and oxygen atoms in total. The van der Waals surface area contributed by atoms with Gasteiger partial charge in [0, 0.05) is 34.3 Å². The Labute approximate surface area is 202 Å². The second-order valence-corrected chi connectivity index (χ2v) is 8.24. The number of carbonyl (C=O) groups is 2. The standard InChI is InChI=1S/C27H24N2O6/c1-16-13-21(17(2)29(16)20-9-10-23-24(14-20)33-12-11-32-23)22(30)15-34-27(31)25-18(3)35-26(28-25)19-7-5-4-6-8-19/h4-10,13-14H,11-12,15H2,1-3H3. The van der Waals surface area contributed by atoms with E-state index in [0.717, 1.165) is 22.6 Å². The molecule has 5 rings (SSSR count). The summed E-state index contributed by atoms with van der Waals surface area (Å²) in [4.78, 5) is 29.9. The third kappa shape index (κ3) is 4.30. The Kier molecular flexibility index (Phi) is 5.86. The van der Waals surface area contributed by atoms with Crippen molar-refractivity contribution in [2.45, 2.75) is 20.8 Å². The molecular formula is C27H24N2O6. The smallest absolute Gasteiger partial charge is 0.361 e. The molecule has 1 aliphatic rings. The number of hydrogen-bond acceptors (Lipinski definition) is 7. The predicted octanol–water partition coefficient (Wildman–Crippen LogP) is 4.87. The van der Waals surface area contributed by atoms with Gasteiger partial charge in [0.1, 0.15) is 19.0 Å². The van der Waals surface area contributed by atoms with Gasteiger partial charge in [0.2, 0.25) is 11.7 Å². The molecule has 0 unspecified atom stereocenters. The summed E-state index contributed by atoms with van der Waals surface area (Å²) < 4.78 is 24.2. The summed E-state index contributed by atoms with van der Waals surface area (Å²) in [7, 11) is 0. The van der Waals surface area contributed by atoms with Gasteiger partial charge in [-0.1, -0.05) is 18.2 Å². The van der Waals surface area contributed by atoms with Crippen LogP contribution in [0.1, 0.15) is 38.0 Å². The fraction of sp³-hybridized carbons (Fsp3) is 0.222. The van der Waals surface area contributed by atoms with Gasteiger partial charge >= 0.3 is 5.97 Å². The van der Waals surface area contributed by atoms with Gasteiger partial charge in [-0.25, -0.2) is 9.78 Å². The van der Waals surface area contributed by atoms with Gasteiger partial charge in [0.15, 0.2) is 23.8 Å². The number of oxazole rings is 1. The van der Waals surface area contributed by atoms with E-state index >= 15 is 0 Å². The Morgan fingerprint density at radius 2 is 1.71 bits per heavy atom. The molecule has 0 bridgehead atoms. The average Bonchev–Trinajstić information content (AvgIpc) is 3.41. The highest BCUT2D eigenvalue weighted by molar-refractivity contribution is 6.00. The molecule has 4 aromatic rings. The number of hydrogen-bond donors (Lipinski definition) is 0. The lowest BCUT2D eigenvalue weighted by Crippen LogP contribution is -2.16. The van der Waals surface area contributed by atoms with Crippen LogP contribution in [0.2, 0.25) is 0 Å². The Morgan fingerprint density at radius 1 is 0.971 bits per heavy atom. The lowest BCUT2D eigenvalue weighted by atomic mass is 10.1. The Balaban J connectivity index is 1.31. The molecule has 0 radical (unpaired) electrons. The van der Waals surface area contributed by atoms with Gasteiger partial charge in [0.25, 0.3) is 0 Å². The number of benzene rings is 2. The van der Waals surface area contributed by atoms with Crippen LogP contribution in [0.15, 0.2) is 59.0 Å². The third-order valence-corrected chi connectivity index (χ3v) is 5.86. The molecule has 35 heavy (non-hydrogen) atoms. The first-order chi connectivity index (χ1) is 16.9. The fourth-order valence-corrected chi connectivity index (χ4v) is 4.18. The minimum absolute atomic E-state index is 0.0541. The van der Waals surface area contributed by atoms with Crippen LogP contribution >= 0.6 is 0 Å². The molecule has 0 spiro atoms. The summed E-state index contributed by atoms with van der Waals surface area (Å²) in [5.74, 6) is 1.01. The third-order valence-electron chi connectivity index (χ3n) is 5.86. The number of nitrogens with zero attached hydrogens (tertiary/aromatic N) is 2. The quantitative estimate of drug-likeness (QED) is 0.292. The molecule has 2 aromatic heterocycles. The summed E-state index contributed by atoms with van der Waals surface area (Å²) >= 11 is 0. The Hall–Kier alpha value is -4.33. The van der Waals surface area contributed by atoms with Crippen molar-refractivity contribution in [2.24, 2.45) is 0 Å². The van der Waals surface area contributed by atoms with Crippen molar-refractivity contribution in [3.05, 3.63) is 83.0 Å². The number of Topliss-reactive ketones (excluding diaryl/α,β-unsaturated/α-hetero) is 1. The van der Waals surface area contributed by atoms with Crippen LogP contribution < -0.4 is 9.47 Å². The number of ketones is 1. The van der Waals surface area contributed by atoms with E-state index in [2.05, 4.69) is 4.98 Å². The fourth-order valence-electron chi connectivity index (χ4n) is 4.18. The number of esters is 1. The summed E-state index contributed by atoms with van der Waals surface area (Å²) in [6, 6.07) is 16.7. The maximum Gasteiger partial charge on any atom is 0.361 e. The van der Waals surface area contributed by atoms with E-state index in [-0.39, 0.29) is 11.5 Å². The molecule has 3 heterocycles.